The lowest BCUT2D eigenvalue weighted by Gasteiger charge is -1.96. The second-order valence-corrected chi connectivity index (χ2v) is 12.6. The van der Waals surface area contributed by atoms with Crippen LogP contribution < -0.4 is 0 Å². The van der Waals surface area contributed by atoms with Crippen LogP contribution in [0.5, 0.6) is 0 Å². The Bertz CT molecular complexity index is 628. The largest absolute Gasteiger partial charge is 0.103 e. The maximum absolute atomic E-state index is 3.67. The Morgan fingerprint density at radius 2 is 0.533 bits per heavy atom. The smallest absolute Gasteiger partial charge is 0.0169 e. The molecule has 0 aliphatic carbocycles. The molecule has 0 saturated carbocycles. The first kappa shape index (κ1) is 47.8. The average molecular weight is 625 g/mol. The van der Waals surface area contributed by atoms with Crippen molar-refractivity contribution in [3.05, 3.63) is 73.4 Å². The molecule has 0 spiro atoms. The molecule has 0 atom stereocenters. The fourth-order valence-electron chi connectivity index (χ4n) is 4.78. The summed E-state index contributed by atoms with van der Waals surface area (Å²) in [6.45, 7) is 15.0. The van der Waals surface area contributed by atoms with E-state index < -0.39 is 0 Å². The van der Waals surface area contributed by atoms with Gasteiger partial charge in [-0.15, -0.1) is 6.58 Å². The summed E-state index contributed by atoms with van der Waals surface area (Å²) in [6.07, 6.45) is 62.0. The van der Waals surface area contributed by atoms with Crippen molar-refractivity contribution in [2.75, 3.05) is 0 Å². The molecule has 0 unspecified atom stereocenters. The molecule has 0 amide bonds. The van der Waals surface area contributed by atoms with Gasteiger partial charge in [0.15, 0.2) is 0 Å². The average Bonchev–Trinajstić information content (AvgIpc) is 3.06. The molecule has 0 aromatic heterocycles. The third-order valence-corrected chi connectivity index (χ3v) is 7.78. The summed E-state index contributed by atoms with van der Waals surface area (Å²) in [5.41, 5.74) is 0. The lowest BCUT2D eigenvalue weighted by Crippen LogP contribution is -1.76. The summed E-state index contributed by atoms with van der Waals surface area (Å²) in [5.74, 6) is 0. The van der Waals surface area contributed by atoms with Gasteiger partial charge in [-0.1, -0.05) is 204 Å². The highest BCUT2D eigenvalue weighted by Gasteiger charge is 1.88. The molecule has 0 nitrogen and oxygen atoms in total. The van der Waals surface area contributed by atoms with E-state index in [-0.39, 0.29) is 0 Å². The summed E-state index contributed by atoms with van der Waals surface area (Å²) < 4.78 is 0. The minimum Gasteiger partial charge on any atom is -0.103 e. The molecule has 0 aliphatic heterocycles. The van der Waals surface area contributed by atoms with Crippen LogP contribution in [0.2, 0.25) is 0 Å². The van der Waals surface area contributed by atoms with Gasteiger partial charge in [-0.25, -0.2) is 0 Å². The Morgan fingerprint density at radius 1 is 0.267 bits per heavy atom. The van der Waals surface area contributed by atoms with Gasteiger partial charge in [0.1, 0.15) is 0 Å². The SMILES string of the molecule is C=CC/C=C\C/C=C\CCCCCCC.CCC/C=C\C/C=C\CCCCCCC.CCCCCC/C=C\CCCCCCC. The predicted octanol–water partition coefficient (Wildman–Crippen LogP) is 16.9. The minimum atomic E-state index is 0.991. The van der Waals surface area contributed by atoms with Gasteiger partial charge >= 0.3 is 0 Å². The number of rotatable bonds is 31. The van der Waals surface area contributed by atoms with Crippen LogP contribution in [0.3, 0.4) is 0 Å². The van der Waals surface area contributed by atoms with E-state index in [1.165, 1.54) is 161 Å². The molecule has 0 heterocycles. The molecule has 0 bridgehead atoms. The normalized spacial score (nSPS) is 11.6. The Kier molecular flexibility index (Phi) is 55.3. The topological polar surface area (TPSA) is 0 Å². The van der Waals surface area contributed by atoms with Crippen molar-refractivity contribution in [2.45, 2.75) is 214 Å². The summed E-state index contributed by atoms with van der Waals surface area (Å²) in [6, 6.07) is 0. The van der Waals surface area contributed by atoms with Crippen LogP contribution in [0.15, 0.2) is 73.4 Å². The molecular weight excluding hydrogens is 540 g/mol. The number of unbranched alkanes of at least 4 members (excludes halogenated alkanes) is 20. The molecule has 0 rings (SSSR count). The van der Waals surface area contributed by atoms with Crippen molar-refractivity contribution in [3.8, 4) is 0 Å². The minimum absolute atomic E-state index is 0.991. The second-order valence-electron chi connectivity index (χ2n) is 12.6. The lowest BCUT2D eigenvalue weighted by atomic mass is 10.1. The van der Waals surface area contributed by atoms with Crippen LogP contribution in [0, 0.1) is 0 Å². The first-order valence-corrected chi connectivity index (χ1v) is 20.1. The zero-order valence-electron chi connectivity index (χ0n) is 31.9. The van der Waals surface area contributed by atoms with Gasteiger partial charge in [0, 0.05) is 0 Å². The van der Waals surface area contributed by atoms with E-state index in [4.69, 9.17) is 0 Å². The molecule has 0 fully saturated rings. The van der Waals surface area contributed by atoms with E-state index in [1.807, 2.05) is 6.08 Å². The van der Waals surface area contributed by atoms with E-state index in [9.17, 15) is 0 Å². The molecular formula is C45H84. The van der Waals surface area contributed by atoms with Crippen LogP contribution in [0.4, 0.5) is 0 Å². The Hall–Kier alpha value is -1.56. The third-order valence-electron chi connectivity index (χ3n) is 7.78. The zero-order valence-corrected chi connectivity index (χ0v) is 31.9. The Labute approximate surface area is 287 Å². The van der Waals surface area contributed by atoms with Crippen molar-refractivity contribution >= 4 is 0 Å². The zero-order chi connectivity index (χ0) is 33.6. The first-order chi connectivity index (χ1) is 22.2. The predicted molar refractivity (Wildman–Crippen MR) is 214 cm³/mol. The fourth-order valence-corrected chi connectivity index (χ4v) is 4.78. The summed E-state index contributed by atoms with van der Waals surface area (Å²) in [4.78, 5) is 0. The van der Waals surface area contributed by atoms with Gasteiger partial charge in [-0.3, -0.25) is 0 Å². The molecule has 264 valence electrons. The second kappa shape index (κ2) is 52.0. The molecule has 0 heteroatoms. The fraction of sp³-hybridized carbons (Fsp3) is 0.733. The molecule has 0 aromatic rings. The summed E-state index contributed by atoms with van der Waals surface area (Å²) in [7, 11) is 0. The van der Waals surface area contributed by atoms with E-state index in [2.05, 4.69) is 102 Å². The summed E-state index contributed by atoms with van der Waals surface area (Å²) in [5, 5.41) is 0. The molecule has 45 heavy (non-hydrogen) atoms. The van der Waals surface area contributed by atoms with Gasteiger partial charge < -0.3 is 0 Å². The molecule has 0 aliphatic rings. The monoisotopic (exact) mass is 625 g/mol. The van der Waals surface area contributed by atoms with Gasteiger partial charge in [-0.05, 0) is 77.0 Å². The van der Waals surface area contributed by atoms with Crippen molar-refractivity contribution in [2.24, 2.45) is 0 Å². The van der Waals surface area contributed by atoms with Crippen LogP contribution in [0.25, 0.3) is 0 Å². The molecule has 0 saturated heterocycles. The molecule has 0 radical (unpaired) electrons. The van der Waals surface area contributed by atoms with Crippen molar-refractivity contribution in [1.29, 1.82) is 0 Å². The quantitative estimate of drug-likeness (QED) is 0.0532. The van der Waals surface area contributed by atoms with Crippen LogP contribution in [-0.2, 0) is 0 Å². The number of hydrogen-bond acceptors (Lipinski definition) is 0. The van der Waals surface area contributed by atoms with Gasteiger partial charge in [0.05, 0.1) is 0 Å². The van der Waals surface area contributed by atoms with Crippen molar-refractivity contribution in [1.82, 2.24) is 0 Å². The van der Waals surface area contributed by atoms with Crippen molar-refractivity contribution in [3.63, 3.8) is 0 Å². The highest BCUT2D eigenvalue weighted by atomic mass is 13.9. The Morgan fingerprint density at radius 3 is 0.867 bits per heavy atom. The Balaban J connectivity index is -0.000000588. The first-order valence-electron chi connectivity index (χ1n) is 20.1. The van der Waals surface area contributed by atoms with E-state index in [0.29, 0.717) is 0 Å². The van der Waals surface area contributed by atoms with Gasteiger partial charge in [-0.2, -0.15) is 0 Å². The maximum atomic E-state index is 3.67. The number of allylic oxidation sites excluding steroid dienone is 11. The molecule has 0 N–H and O–H groups in total. The van der Waals surface area contributed by atoms with E-state index >= 15 is 0 Å². The highest BCUT2D eigenvalue weighted by molar-refractivity contribution is 4.95. The van der Waals surface area contributed by atoms with Gasteiger partial charge in [0.25, 0.3) is 0 Å². The molecule has 0 aromatic carbocycles. The third kappa shape index (κ3) is 58.5. The maximum Gasteiger partial charge on any atom is -0.0169 e. The van der Waals surface area contributed by atoms with E-state index in [0.717, 1.165) is 19.3 Å². The van der Waals surface area contributed by atoms with Gasteiger partial charge in [0.2, 0.25) is 0 Å². The van der Waals surface area contributed by atoms with Crippen LogP contribution in [-0.4, -0.2) is 0 Å². The highest BCUT2D eigenvalue weighted by Crippen LogP contribution is 2.08. The van der Waals surface area contributed by atoms with Crippen molar-refractivity contribution < 1.29 is 0 Å². The van der Waals surface area contributed by atoms with E-state index in [1.54, 1.807) is 0 Å². The summed E-state index contributed by atoms with van der Waals surface area (Å²) >= 11 is 0. The number of hydrogen-bond donors (Lipinski definition) is 0. The van der Waals surface area contributed by atoms with Crippen LogP contribution in [0.1, 0.15) is 214 Å². The van der Waals surface area contributed by atoms with Crippen LogP contribution >= 0.6 is 0 Å². The lowest BCUT2D eigenvalue weighted by molar-refractivity contribution is 0.636. The standard InChI is InChI=1S/C15H30.C15H28.C15H26/c3*1-3-5-7-9-11-13-15-14-12-10-8-6-4-2/h13,15H,3-12,14H2,1-2H3;7,9,13,15H,3-6,8,10-12,14H2,1-2H3;3,7,9,13,15H,1,4-6,8,10-12,14H2,2H3/b15-13-;2*9-7-,15-13-.